The van der Waals surface area contributed by atoms with Gasteiger partial charge in [0.1, 0.15) is 0 Å². The number of carbonyl (C=O) groups excluding carboxylic acids is 2. The maximum Gasteiger partial charge on any atom is 0.338 e. The monoisotopic (exact) mass is 425 g/mol. The summed E-state index contributed by atoms with van der Waals surface area (Å²) in [4.78, 5) is 23.9. The van der Waals surface area contributed by atoms with Gasteiger partial charge in [0.2, 0.25) is 5.91 Å². The second-order valence-corrected chi connectivity index (χ2v) is 7.67. The second-order valence-electron chi connectivity index (χ2n) is 5.84. The van der Waals surface area contributed by atoms with Gasteiger partial charge >= 0.3 is 5.97 Å². The fourth-order valence-electron chi connectivity index (χ4n) is 2.17. The Morgan fingerprint density at radius 3 is 2.52 bits per heavy atom. The molecule has 0 atom stereocenters. The number of ether oxygens (including phenoxy) is 1. The van der Waals surface area contributed by atoms with Gasteiger partial charge in [-0.15, -0.1) is 11.8 Å². The molecular weight excluding hydrogens is 405 g/mol. The molecule has 2 rings (SSSR count). The molecule has 0 aliphatic rings. The highest BCUT2D eigenvalue weighted by Crippen LogP contribution is 2.24. The first-order chi connectivity index (χ1) is 13.0. The van der Waals surface area contributed by atoms with E-state index in [1.807, 2.05) is 13.0 Å². The van der Waals surface area contributed by atoms with Crippen LogP contribution in [0.15, 0.2) is 42.5 Å². The zero-order valence-corrected chi connectivity index (χ0v) is 17.3. The maximum absolute atomic E-state index is 12.1. The summed E-state index contributed by atoms with van der Waals surface area (Å²) in [5.41, 5.74) is 2.04. The van der Waals surface area contributed by atoms with E-state index in [2.05, 4.69) is 5.32 Å². The van der Waals surface area contributed by atoms with Gasteiger partial charge in [-0.05, 0) is 48.4 Å². The van der Waals surface area contributed by atoms with Gasteiger partial charge in [-0.2, -0.15) is 0 Å². The molecule has 4 nitrogen and oxygen atoms in total. The Hall–Kier alpha value is -1.69. The van der Waals surface area contributed by atoms with Crippen LogP contribution in [0.5, 0.6) is 0 Å². The molecule has 0 fully saturated rings. The lowest BCUT2D eigenvalue weighted by Crippen LogP contribution is -2.14. The summed E-state index contributed by atoms with van der Waals surface area (Å²) in [5.74, 6) is 0.436. The molecule has 27 heavy (non-hydrogen) atoms. The quantitative estimate of drug-likeness (QED) is 0.405. The normalized spacial score (nSPS) is 10.5. The van der Waals surface area contributed by atoms with Crippen LogP contribution in [0.3, 0.4) is 0 Å². The molecule has 1 amide bonds. The van der Waals surface area contributed by atoms with Gasteiger partial charge in [0.25, 0.3) is 0 Å². The highest BCUT2D eigenvalue weighted by atomic mass is 35.5. The lowest BCUT2D eigenvalue weighted by Gasteiger charge is -2.08. The molecule has 0 saturated heterocycles. The second kappa shape index (κ2) is 11.2. The molecule has 0 unspecified atom stereocenters. The van der Waals surface area contributed by atoms with Crippen LogP contribution in [0.25, 0.3) is 0 Å². The summed E-state index contributed by atoms with van der Waals surface area (Å²) in [7, 11) is 0. The molecule has 2 aromatic carbocycles. The van der Waals surface area contributed by atoms with Crippen molar-refractivity contribution in [1.29, 1.82) is 0 Å². The van der Waals surface area contributed by atoms with Crippen LogP contribution in [0.1, 0.15) is 35.7 Å². The molecule has 0 aliphatic carbocycles. The van der Waals surface area contributed by atoms with Gasteiger partial charge in [-0.1, -0.05) is 42.6 Å². The van der Waals surface area contributed by atoms with E-state index in [-0.39, 0.29) is 11.9 Å². The van der Waals surface area contributed by atoms with Crippen LogP contribution in [-0.4, -0.2) is 24.2 Å². The van der Waals surface area contributed by atoms with E-state index in [4.69, 9.17) is 27.9 Å². The van der Waals surface area contributed by atoms with E-state index in [1.54, 1.807) is 36.4 Å². The number of esters is 1. The highest BCUT2D eigenvalue weighted by molar-refractivity contribution is 7.99. The number of benzene rings is 2. The number of amides is 1. The zero-order chi connectivity index (χ0) is 19.6. The lowest BCUT2D eigenvalue weighted by atomic mass is 10.2. The Labute approximate surface area is 173 Å². The van der Waals surface area contributed by atoms with Crippen LogP contribution in [-0.2, 0) is 15.3 Å². The van der Waals surface area contributed by atoms with Crippen molar-refractivity contribution >= 4 is 52.5 Å². The van der Waals surface area contributed by atoms with Crippen molar-refractivity contribution in [3.8, 4) is 0 Å². The molecule has 144 valence electrons. The van der Waals surface area contributed by atoms with Gasteiger partial charge in [0.05, 0.1) is 17.9 Å². The number of nitrogens with one attached hydrogen (secondary N) is 1. The van der Waals surface area contributed by atoms with E-state index >= 15 is 0 Å². The van der Waals surface area contributed by atoms with Crippen LogP contribution in [0.4, 0.5) is 5.69 Å². The van der Waals surface area contributed by atoms with Crippen molar-refractivity contribution in [2.24, 2.45) is 0 Å². The smallest absolute Gasteiger partial charge is 0.338 e. The minimum atomic E-state index is -0.350. The first kappa shape index (κ1) is 21.6. The Morgan fingerprint density at radius 2 is 1.85 bits per heavy atom. The molecule has 1 N–H and O–H groups in total. The topological polar surface area (TPSA) is 55.4 Å². The summed E-state index contributed by atoms with van der Waals surface area (Å²) >= 11 is 13.4. The van der Waals surface area contributed by atoms with Crippen molar-refractivity contribution in [2.45, 2.75) is 25.5 Å². The van der Waals surface area contributed by atoms with E-state index < -0.39 is 0 Å². The predicted octanol–water partition coefficient (Wildman–Crippen LogP) is 5.82. The standard InChI is InChI=1S/C20H21Cl2NO3S/c1-2-3-10-26-20(25)14-5-8-17(9-6-14)23-19(24)13-27-12-15-4-7-16(21)11-18(15)22/h4-9,11H,2-3,10,12-13H2,1H3,(H,23,24). The number of carbonyl (C=O) groups is 2. The molecule has 0 saturated carbocycles. The third-order valence-electron chi connectivity index (χ3n) is 3.64. The zero-order valence-electron chi connectivity index (χ0n) is 15.0. The minimum Gasteiger partial charge on any atom is -0.462 e. The van der Waals surface area contributed by atoms with Crippen LogP contribution in [0.2, 0.25) is 10.0 Å². The number of rotatable bonds is 9. The van der Waals surface area contributed by atoms with Crippen molar-refractivity contribution in [3.63, 3.8) is 0 Å². The Kier molecular flexibility index (Phi) is 8.98. The SMILES string of the molecule is CCCCOC(=O)c1ccc(NC(=O)CSCc2ccc(Cl)cc2Cl)cc1. The van der Waals surface area contributed by atoms with E-state index in [0.717, 1.165) is 18.4 Å². The summed E-state index contributed by atoms with van der Waals surface area (Å²) in [5, 5.41) is 3.99. The summed E-state index contributed by atoms with van der Waals surface area (Å²) in [6.07, 6.45) is 1.82. The van der Waals surface area contributed by atoms with E-state index in [9.17, 15) is 9.59 Å². The first-order valence-electron chi connectivity index (χ1n) is 8.58. The molecule has 0 heterocycles. The number of hydrogen-bond acceptors (Lipinski definition) is 4. The molecule has 2 aromatic rings. The molecule has 7 heteroatoms. The predicted molar refractivity (Wildman–Crippen MR) is 113 cm³/mol. The first-order valence-corrected chi connectivity index (χ1v) is 10.5. The molecule has 0 spiro atoms. The third kappa shape index (κ3) is 7.45. The number of anilines is 1. The van der Waals surface area contributed by atoms with E-state index in [1.165, 1.54) is 11.8 Å². The molecular formula is C20H21Cl2NO3S. The summed E-state index contributed by atoms with van der Waals surface area (Å²) in [6.45, 7) is 2.45. The highest BCUT2D eigenvalue weighted by Gasteiger charge is 2.09. The van der Waals surface area contributed by atoms with Crippen LogP contribution in [0, 0.1) is 0 Å². The van der Waals surface area contributed by atoms with Crippen LogP contribution < -0.4 is 5.32 Å². The van der Waals surface area contributed by atoms with Crippen molar-refractivity contribution in [3.05, 3.63) is 63.6 Å². The molecule has 0 aliphatic heterocycles. The van der Waals surface area contributed by atoms with Crippen molar-refractivity contribution in [2.75, 3.05) is 17.7 Å². The molecule has 0 aromatic heterocycles. The fraction of sp³-hybridized carbons (Fsp3) is 0.300. The van der Waals surface area contributed by atoms with E-state index in [0.29, 0.717) is 39.4 Å². The summed E-state index contributed by atoms with van der Waals surface area (Å²) in [6, 6.07) is 12.0. The van der Waals surface area contributed by atoms with Crippen molar-refractivity contribution in [1.82, 2.24) is 0 Å². The van der Waals surface area contributed by atoms with Crippen LogP contribution >= 0.6 is 35.0 Å². The van der Waals surface area contributed by atoms with Crippen molar-refractivity contribution < 1.29 is 14.3 Å². The number of hydrogen-bond donors (Lipinski definition) is 1. The minimum absolute atomic E-state index is 0.122. The Morgan fingerprint density at radius 1 is 1.11 bits per heavy atom. The average Bonchev–Trinajstić information content (AvgIpc) is 2.64. The third-order valence-corrected chi connectivity index (χ3v) is 5.21. The van der Waals surface area contributed by atoms with Gasteiger partial charge < -0.3 is 10.1 Å². The Bertz CT molecular complexity index is 781. The lowest BCUT2D eigenvalue weighted by molar-refractivity contribution is -0.113. The fourth-order valence-corrected chi connectivity index (χ4v) is 3.56. The maximum atomic E-state index is 12.1. The molecule has 0 radical (unpaired) electrons. The number of unbranched alkanes of at least 4 members (excludes halogenated alkanes) is 1. The number of thioether (sulfide) groups is 1. The van der Waals surface area contributed by atoms with Gasteiger partial charge in [0, 0.05) is 21.5 Å². The van der Waals surface area contributed by atoms with Gasteiger partial charge in [0.15, 0.2) is 0 Å². The molecule has 0 bridgehead atoms. The average molecular weight is 426 g/mol. The largest absolute Gasteiger partial charge is 0.462 e. The summed E-state index contributed by atoms with van der Waals surface area (Å²) < 4.78 is 5.15. The van der Waals surface area contributed by atoms with Gasteiger partial charge in [-0.25, -0.2) is 4.79 Å². The number of halogens is 2. The Balaban J connectivity index is 1.77. The van der Waals surface area contributed by atoms with Gasteiger partial charge in [-0.3, -0.25) is 4.79 Å².